The lowest BCUT2D eigenvalue weighted by atomic mass is 9.87. The fourth-order valence-electron chi connectivity index (χ4n) is 2.76. The molecule has 134 valence electrons. The van der Waals surface area contributed by atoms with Gasteiger partial charge >= 0.3 is 12.4 Å². The van der Waals surface area contributed by atoms with E-state index in [9.17, 15) is 31.1 Å². The van der Waals surface area contributed by atoms with Crippen molar-refractivity contribution in [1.82, 2.24) is 5.32 Å². The molecule has 1 amide bonds. The number of nitrogens with one attached hydrogen (secondary N) is 1. The molecule has 1 aromatic carbocycles. The van der Waals surface area contributed by atoms with Crippen molar-refractivity contribution in [1.29, 1.82) is 0 Å². The number of rotatable bonds is 2. The Labute approximate surface area is 135 Å². The highest BCUT2D eigenvalue weighted by Crippen LogP contribution is 2.36. The van der Waals surface area contributed by atoms with E-state index in [4.69, 9.17) is 0 Å². The molecule has 0 atom stereocenters. The van der Waals surface area contributed by atoms with Crippen LogP contribution in [0.1, 0.15) is 54.1 Å². The van der Waals surface area contributed by atoms with Crippen molar-refractivity contribution < 1.29 is 31.1 Å². The summed E-state index contributed by atoms with van der Waals surface area (Å²) in [6, 6.07) is 0.697. The topological polar surface area (TPSA) is 29.1 Å². The van der Waals surface area contributed by atoms with Gasteiger partial charge in [-0.3, -0.25) is 4.79 Å². The van der Waals surface area contributed by atoms with E-state index >= 15 is 0 Å². The van der Waals surface area contributed by atoms with Crippen LogP contribution >= 0.6 is 0 Å². The first-order chi connectivity index (χ1) is 11.0. The van der Waals surface area contributed by atoms with Gasteiger partial charge in [-0.1, -0.05) is 6.92 Å². The van der Waals surface area contributed by atoms with Gasteiger partial charge in [-0.15, -0.1) is 0 Å². The maximum atomic E-state index is 12.8. The van der Waals surface area contributed by atoms with Gasteiger partial charge in [0.25, 0.3) is 5.91 Å². The normalized spacial score (nSPS) is 22.3. The molecular weight excluding hydrogens is 336 g/mol. The summed E-state index contributed by atoms with van der Waals surface area (Å²) in [6.07, 6.45) is -6.87. The Hall–Kier alpha value is -1.73. The van der Waals surface area contributed by atoms with Gasteiger partial charge in [0, 0.05) is 11.6 Å². The molecule has 1 aliphatic rings. The molecule has 0 aromatic heterocycles. The van der Waals surface area contributed by atoms with Gasteiger partial charge in [-0.05, 0) is 49.8 Å². The summed E-state index contributed by atoms with van der Waals surface area (Å²) in [6.45, 7) is 2.06. The molecule has 1 saturated carbocycles. The van der Waals surface area contributed by atoms with E-state index in [1.54, 1.807) is 0 Å². The van der Waals surface area contributed by atoms with Crippen LogP contribution in [0.5, 0.6) is 0 Å². The minimum atomic E-state index is -4.96. The van der Waals surface area contributed by atoms with Crippen LogP contribution in [-0.4, -0.2) is 11.9 Å². The quantitative estimate of drug-likeness (QED) is 0.742. The molecule has 0 bridgehead atoms. The van der Waals surface area contributed by atoms with Crippen LogP contribution < -0.4 is 5.32 Å². The van der Waals surface area contributed by atoms with Gasteiger partial charge in [-0.2, -0.15) is 26.3 Å². The molecule has 0 aliphatic heterocycles. The molecule has 2 nitrogen and oxygen atoms in total. The van der Waals surface area contributed by atoms with E-state index in [1.165, 1.54) is 0 Å². The SMILES string of the molecule is CC1CCC(NC(=O)c2cc(C(F)(F)F)cc(C(F)(F)F)c2)CC1. The lowest BCUT2D eigenvalue weighted by Crippen LogP contribution is -2.37. The number of benzene rings is 1. The highest BCUT2D eigenvalue weighted by Gasteiger charge is 2.37. The van der Waals surface area contributed by atoms with Gasteiger partial charge in [-0.25, -0.2) is 0 Å². The summed E-state index contributed by atoms with van der Waals surface area (Å²) in [4.78, 5) is 12.1. The lowest BCUT2D eigenvalue weighted by molar-refractivity contribution is -0.143. The first kappa shape index (κ1) is 18.6. The molecule has 8 heteroatoms. The van der Waals surface area contributed by atoms with Gasteiger partial charge in [0.1, 0.15) is 0 Å². The average Bonchev–Trinajstić information content (AvgIpc) is 2.47. The number of hydrogen-bond acceptors (Lipinski definition) is 1. The van der Waals surface area contributed by atoms with E-state index < -0.39 is 35.0 Å². The molecule has 0 saturated heterocycles. The van der Waals surface area contributed by atoms with Crippen LogP contribution in [0, 0.1) is 5.92 Å². The predicted octanol–water partition coefficient (Wildman–Crippen LogP) is 5.03. The number of halogens is 6. The number of carbonyl (C=O) groups excluding carboxylic acids is 1. The summed E-state index contributed by atoms with van der Waals surface area (Å²) in [5.74, 6) is -0.408. The maximum absolute atomic E-state index is 12.8. The third-order valence-corrected chi connectivity index (χ3v) is 4.20. The second kappa shape index (κ2) is 6.64. The Morgan fingerprint density at radius 3 is 1.79 bits per heavy atom. The first-order valence-corrected chi connectivity index (χ1v) is 7.57. The molecule has 0 spiro atoms. The molecule has 0 radical (unpaired) electrons. The van der Waals surface area contributed by atoms with Gasteiger partial charge in [0.2, 0.25) is 0 Å². The number of carbonyl (C=O) groups is 1. The lowest BCUT2D eigenvalue weighted by Gasteiger charge is -2.27. The Balaban J connectivity index is 2.26. The van der Waals surface area contributed by atoms with E-state index in [2.05, 4.69) is 12.2 Å². The van der Waals surface area contributed by atoms with E-state index in [-0.39, 0.29) is 12.1 Å². The van der Waals surface area contributed by atoms with Crippen molar-refractivity contribution in [2.45, 2.75) is 51.0 Å². The standard InChI is InChI=1S/C16H17F6NO/c1-9-2-4-13(5-3-9)23-14(24)10-6-11(15(17,18)19)8-12(7-10)16(20,21)22/h6-9,13H,2-5H2,1H3,(H,23,24). The first-order valence-electron chi connectivity index (χ1n) is 7.57. The van der Waals surface area contributed by atoms with Crippen LogP contribution in [0.25, 0.3) is 0 Å². The van der Waals surface area contributed by atoms with Crippen LogP contribution in [0.3, 0.4) is 0 Å². The van der Waals surface area contributed by atoms with Crippen LogP contribution in [0.15, 0.2) is 18.2 Å². The zero-order valence-corrected chi connectivity index (χ0v) is 12.9. The smallest absolute Gasteiger partial charge is 0.349 e. The maximum Gasteiger partial charge on any atom is 0.416 e. The zero-order chi connectivity index (χ0) is 18.1. The molecule has 2 rings (SSSR count). The largest absolute Gasteiger partial charge is 0.416 e. The van der Waals surface area contributed by atoms with E-state index in [1.807, 2.05) is 0 Å². The fraction of sp³-hybridized carbons (Fsp3) is 0.562. The third-order valence-electron chi connectivity index (χ3n) is 4.20. The third kappa shape index (κ3) is 4.64. The number of alkyl halides is 6. The summed E-state index contributed by atoms with van der Waals surface area (Å²) in [7, 11) is 0. The molecule has 1 fully saturated rings. The summed E-state index contributed by atoms with van der Waals surface area (Å²) in [5, 5.41) is 2.54. The molecule has 0 unspecified atom stereocenters. The molecule has 1 N–H and O–H groups in total. The van der Waals surface area contributed by atoms with Crippen molar-refractivity contribution in [3.63, 3.8) is 0 Å². The summed E-state index contributed by atoms with van der Waals surface area (Å²) >= 11 is 0. The predicted molar refractivity (Wildman–Crippen MR) is 75.3 cm³/mol. The monoisotopic (exact) mass is 353 g/mol. The fourth-order valence-corrected chi connectivity index (χ4v) is 2.76. The Kier molecular flexibility index (Phi) is 5.15. The number of hydrogen-bond donors (Lipinski definition) is 1. The molecule has 0 heterocycles. The summed E-state index contributed by atoms with van der Waals surface area (Å²) < 4.78 is 76.8. The van der Waals surface area contributed by atoms with Crippen molar-refractivity contribution >= 4 is 5.91 Å². The van der Waals surface area contributed by atoms with Gasteiger partial charge in [0.05, 0.1) is 11.1 Å². The van der Waals surface area contributed by atoms with Crippen molar-refractivity contribution in [2.24, 2.45) is 5.92 Å². The second-order valence-electron chi connectivity index (χ2n) is 6.22. The Morgan fingerprint density at radius 2 is 1.38 bits per heavy atom. The zero-order valence-electron chi connectivity index (χ0n) is 12.9. The molecule has 1 aliphatic carbocycles. The second-order valence-corrected chi connectivity index (χ2v) is 6.22. The van der Waals surface area contributed by atoms with Crippen molar-refractivity contribution in [3.8, 4) is 0 Å². The molecular formula is C16H17F6NO. The Morgan fingerprint density at radius 1 is 0.917 bits per heavy atom. The number of amides is 1. The van der Waals surface area contributed by atoms with Crippen LogP contribution in [0.4, 0.5) is 26.3 Å². The Bertz CT molecular complexity index is 567. The van der Waals surface area contributed by atoms with Gasteiger partial charge < -0.3 is 5.32 Å². The molecule has 24 heavy (non-hydrogen) atoms. The minimum Gasteiger partial charge on any atom is -0.349 e. The highest BCUT2D eigenvalue weighted by molar-refractivity contribution is 5.94. The van der Waals surface area contributed by atoms with Crippen LogP contribution in [0.2, 0.25) is 0 Å². The summed E-state index contributed by atoms with van der Waals surface area (Å²) in [5.41, 5.74) is -3.60. The van der Waals surface area contributed by atoms with E-state index in [0.29, 0.717) is 30.9 Å². The van der Waals surface area contributed by atoms with E-state index in [0.717, 1.165) is 12.8 Å². The highest BCUT2D eigenvalue weighted by atomic mass is 19.4. The molecule has 1 aromatic rings. The van der Waals surface area contributed by atoms with Crippen molar-refractivity contribution in [2.75, 3.05) is 0 Å². The van der Waals surface area contributed by atoms with Gasteiger partial charge in [0.15, 0.2) is 0 Å². The van der Waals surface area contributed by atoms with Crippen LogP contribution in [-0.2, 0) is 12.4 Å². The van der Waals surface area contributed by atoms with Crippen molar-refractivity contribution in [3.05, 3.63) is 34.9 Å². The average molecular weight is 353 g/mol. The minimum absolute atomic E-state index is 0.0130.